The van der Waals surface area contributed by atoms with E-state index in [1.807, 2.05) is 18.7 Å². The fraction of sp³-hybridized carbons (Fsp3) is 0.786. The molecule has 3 N–H and O–H groups in total. The van der Waals surface area contributed by atoms with Crippen LogP contribution >= 0.6 is 0 Å². The summed E-state index contributed by atoms with van der Waals surface area (Å²) in [6, 6.07) is 2.10. The Morgan fingerprint density at radius 1 is 1.33 bits per heavy atom. The SMILES string of the molecule is Cc1cc(NCC2(CN)CCCCCC2)n(C)n1. The van der Waals surface area contributed by atoms with Gasteiger partial charge in [-0.15, -0.1) is 0 Å². The minimum Gasteiger partial charge on any atom is -0.370 e. The lowest BCUT2D eigenvalue weighted by Gasteiger charge is -2.31. The van der Waals surface area contributed by atoms with Gasteiger partial charge in [0, 0.05) is 19.7 Å². The molecule has 0 bridgehead atoms. The Bertz CT molecular complexity index is 375. The minimum atomic E-state index is 0.286. The molecule has 4 nitrogen and oxygen atoms in total. The van der Waals surface area contributed by atoms with Crippen molar-refractivity contribution in [2.24, 2.45) is 18.2 Å². The van der Waals surface area contributed by atoms with Gasteiger partial charge in [-0.25, -0.2) is 0 Å². The first-order valence-electron chi connectivity index (χ1n) is 7.10. The molecule has 1 fully saturated rings. The lowest BCUT2D eigenvalue weighted by Crippen LogP contribution is -2.37. The molecule has 18 heavy (non-hydrogen) atoms. The number of nitrogens with zero attached hydrogens (tertiary/aromatic N) is 2. The number of nitrogens with two attached hydrogens (primary N) is 1. The van der Waals surface area contributed by atoms with Crippen LogP contribution in [0.1, 0.15) is 44.2 Å². The summed E-state index contributed by atoms with van der Waals surface area (Å²) in [6.07, 6.45) is 7.90. The third-order valence-corrected chi connectivity index (χ3v) is 4.24. The van der Waals surface area contributed by atoms with Crippen molar-refractivity contribution in [1.29, 1.82) is 0 Å². The van der Waals surface area contributed by atoms with E-state index in [4.69, 9.17) is 5.73 Å². The van der Waals surface area contributed by atoms with Crippen LogP contribution in [0.3, 0.4) is 0 Å². The van der Waals surface area contributed by atoms with Gasteiger partial charge >= 0.3 is 0 Å². The molecule has 1 aliphatic rings. The highest BCUT2D eigenvalue weighted by molar-refractivity contribution is 5.36. The molecule has 0 saturated heterocycles. The zero-order chi connectivity index (χ0) is 13.0. The molecule has 0 aliphatic heterocycles. The zero-order valence-corrected chi connectivity index (χ0v) is 11.7. The van der Waals surface area contributed by atoms with E-state index in [0.29, 0.717) is 0 Å². The predicted octanol–water partition coefficient (Wildman–Crippen LogP) is 2.44. The van der Waals surface area contributed by atoms with Crippen molar-refractivity contribution in [3.05, 3.63) is 11.8 Å². The number of nitrogens with one attached hydrogen (secondary N) is 1. The van der Waals surface area contributed by atoms with Crippen molar-refractivity contribution < 1.29 is 0 Å². The van der Waals surface area contributed by atoms with Crippen LogP contribution in [-0.4, -0.2) is 22.9 Å². The number of hydrogen-bond donors (Lipinski definition) is 2. The number of hydrogen-bond acceptors (Lipinski definition) is 3. The van der Waals surface area contributed by atoms with Crippen molar-refractivity contribution in [3.63, 3.8) is 0 Å². The van der Waals surface area contributed by atoms with Gasteiger partial charge in [-0.1, -0.05) is 25.7 Å². The van der Waals surface area contributed by atoms with E-state index >= 15 is 0 Å². The Morgan fingerprint density at radius 3 is 2.50 bits per heavy atom. The van der Waals surface area contributed by atoms with Crippen LogP contribution in [0.25, 0.3) is 0 Å². The molecule has 0 unspecified atom stereocenters. The van der Waals surface area contributed by atoms with E-state index in [2.05, 4.69) is 16.5 Å². The normalized spacial score (nSPS) is 19.5. The van der Waals surface area contributed by atoms with Gasteiger partial charge in [-0.05, 0) is 31.7 Å². The average Bonchev–Trinajstić information content (AvgIpc) is 2.57. The summed E-state index contributed by atoms with van der Waals surface area (Å²) in [5, 5.41) is 7.91. The molecule has 0 amide bonds. The molecular formula is C14H26N4. The van der Waals surface area contributed by atoms with Crippen LogP contribution in [0, 0.1) is 12.3 Å². The Balaban J connectivity index is 1.99. The second-order valence-electron chi connectivity index (χ2n) is 5.77. The van der Waals surface area contributed by atoms with Gasteiger partial charge < -0.3 is 11.1 Å². The van der Waals surface area contributed by atoms with E-state index in [0.717, 1.165) is 24.6 Å². The summed E-state index contributed by atoms with van der Waals surface area (Å²) >= 11 is 0. The molecule has 0 atom stereocenters. The summed E-state index contributed by atoms with van der Waals surface area (Å²) in [6.45, 7) is 3.79. The Labute approximate surface area is 110 Å². The highest BCUT2D eigenvalue weighted by atomic mass is 15.3. The van der Waals surface area contributed by atoms with Crippen molar-refractivity contribution in [3.8, 4) is 0 Å². The average molecular weight is 250 g/mol. The first kappa shape index (κ1) is 13.4. The molecule has 1 heterocycles. The fourth-order valence-electron chi connectivity index (χ4n) is 2.99. The molecule has 102 valence electrons. The Kier molecular flexibility index (Phi) is 4.27. The van der Waals surface area contributed by atoms with E-state index in [-0.39, 0.29) is 5.41 Å². The second-order valence-corrected chi connectivity index (χ2v) is 5.77. The van der Waals surface area contributed by atoms with Gasteiger partial charge in [-0.2, -0.15) is 5.10 Å². The Hall–Kier alpha value is -1.03. The van der Waals surface area contributed by atoms with Gasteiger partial charge in [0.15, 0.2) is 0 Å². The topological polar surface area (TPSA) is 55.9 Å². The number of rotatable bonds is 4. The maximum absolute atomic E-state index is 6.05. The third-order valence-electron chi connectivity index (χ3n) is 4.24. The summed E-state index contributed by atoms with van der Waals surface area (Å²) in [5.41, 5.74) is 7.40. The predicted molar refractivity (Wildman–Crippen MR) is 75.6 cm³/mol. The van der Waals surface area contributed by atoms with Crippen LogP contribution in [0.2, 0.25) is 0 Å². The molecule has 0 aromatic carbocycles. The van der Waals surface area contributed by atoms with Crippen molar-refractivity contribution in [2.75, 3.05) is 18.4 Å². The number of aryl methyl sites for hydroxylation is 2. The summed E-state index contributed by atoms with van der Waals surface area (Å²) in [4.78, 5) is 0. The molecule has 0 radical (unpaired) electrons. The highest BCUT2D eigenvalue weighted by Gasteiger charge is 2.29. The van der Waals surface area contributed by atoms with Crippen LogP contribution in [0.15, 0.2) is 6.07 Å². The van der Waals surface area contributed by atoms with E-state index in [1.165, 1.54) is 38.5 Å². The van der Waals surface area contributed by atoms with Crippen molar-refractivity contribution in [2.45, 2.75) is 45.4 Å². The standard InChI is InChI=1S/C14H26N4/c1-12-9-13(18(2)17-12)16-11-14(10-15)7-5-3-4-6-8-14/h9,16H,3-8,10-11,15H2,1-2H3. The molecule has 1 aliphatic carbocycles. The molecule has 2 rings (SSSR count). The maximum Gasteiger partial charge on any atom is 0.124 e. The molecule has 4 heteroatoms. The summed E-state index contributed by atoms with van der Waals surface area (Å²) in [5.74, 6) is 1.10. The van der Waals surface area contributed by atoms with Crippen molar-refractivity contribution >= 4 is 5.82 Å². The molecular weight excluding hydrogens is 224 g/mol. The molecule has 0 spiro atoms. The molecule has 1 aromatic rings. The summed E-state index contributed by atoms with van der Waals surface area (Å²) < 4.78 is 1.91. The van der Waals surface area contributed by atoms with Gasteiger partial charge in [-0.3, -0.25) is 4.68 Å². The van der Waals surface area contributed by atoms with E-state index in [9.17, 15) is 0 Å². The second kappa shape index (κ2) is 5.74. The van der Waals surface area contributed by atoms with Crippen LogP contribution in [-0.2, 0) is 7.05 Å². The third kappa shape index (κ3) is 3.05. The van der Waals surface area contributed by atoms with Gasteiger partial charge in [0.2, 0.25) is 0 Å². The lowest BCUT2D eigenvalue weighted by molar-refractivity contribution is 0.274. The first-order chi connectivity index (χ1) is 8.65. The monoisotopic (exact) mass is 250 g/mol. The minimum absolute atomic E-state index is 0.286. The highest BCUT2D eigenvalue weighted by Crippen LogP contribution is 2.34. The van der Waals surface area contributed by atoms with Gasteiger partial charge in [0.05, 0.1) is 5.69 Å². The molecule has 1 saturated carbocycles. The van der Waals surface area contributed by atoms with Crippen LogP contribution in [0.5, 0.6) is 0 Å². The quantitative estimate of drug-likeness (QED) is 0.807. The Morgan fingerprint density at radius 2 is 2.00 bits per heavy atom. The zero-order valence-electron chi connectivity index (χ0n) is 11.7. The number of anilines is 1. The maximum atomic E-state index is 6.05. The lowest BCUT2D eigenvalue weighted by atomic mass is 9.80. The van der Waals surface area contributed by atoms with Crippen LogP contribution < -0.4 is 11.1 Å². The smallest absolute Gasteiger partial charge is 0.124 e. The first-order valence-corrected chi connectivity index (χ1v) is 7.10. The van der Waals surface area contributed by atoms with Crippen molar-refractivity contribution in [1.82, 2.24) is 9.78 Å². The van der Waals surface area contributed by atoms with Gasteiger partial charge in [0.25, 0.3) is 0 Å². The van der Waals surface area contributed by atoms with E-state index in [1.54, 1.807) is 0 Å². The van der Waals surface area contributed by atoms with Gasteiger partial charge in [0.1, 0.15) is 5.82 Å². The summed E-state index contributed by atoms with van der Waals surface area (Å²) in [7, 11) is 1.98. The fourth-order valence-corrected chi connectivity index (χ4v) is 2.99. The van der Waals surface area contributed by atoms with E-state index < -0.39 is 0 Å². The van der Waals surface area contributed by atoms with Crippen LogP contribution in [0.4, 0.5) is 5.82 Å². The molecule has 1 aromatic heterocycles. The number of aromatic nitrogens is 2. The largest absolute Gasteiger partial charge is 0.370 e.